The number of amides is 1. The summed E-state index contributed by atoms with van der Waals surface area (Å²) in [4.78, 5) is 17.9. The van der Waals surface area contributed by atoms with Gasteiger partial charge in [-0.3, -0.25) is 4.79 Å². The third-order valence-corrected chi connectivity index (χ3v) is 5.22. The number of rotatable bonds is 4. The lowest BCUT2D eigenvalue weighted by atomic mass is 10.1. The molecule has 4 nitrogen and oxygen atoms in total. The summed E-state index contributed by atoms with van der Waals surface area (Å²) >= 11 is 1.54. The van der Waals surface area contributed by atoms with Crippen molar-refractivity contribution in [2.24, 2.45) is 4.99 Å². The van der Waals surface area contributed by atoms with Gasteiger partial charge in [0.25, 0.3) is 5.91 Å². The monoisotopic (exact) mass is 354 g/mol. The number of aromatic nitrogens is 1. The van der Waals surface area contributed by atoms with E-state index in [-0.39, 0.29) is 5.91 Å². The summed E-state index contributed by atoms with van der Waals surface area (Å²) in [6.07, 6.45) is 0.966. The summed E-state index contributed by atoms with van der Waals surface area (Å²) in [5.41, 5.74) is 3.73. The zero-order valence-corrected chi connectivity index (χ0v) is 15.8. The fourth-order valence-corrected chi connectivity index (χ4v) is 3.85. The smallest absolute Gasteiger partial charge is 0.279 e. The molecule has 0 aliphatic rings. The fraction of sp³-hybridized carbons (Fsp3) is 0.300. The number of ether oxygens (including phenoxy) is 1. The van der Waals surface area contributed by atoms with Crippen LogP contribution in [0.3, 0.4) is 0 Å². The maximum Gasteiger partial charge on any atom is 0.279 e. The van der Waals surface area contributed by atoms with Crippen molar-refractivity contribution < 1.29 is 9.53 Å². The van der Waals surface area contributed by atoms with Crippen LogP contribution in [0.25, 0.3) is 10.2 Å². The van der Waals surface area contributed by atoms with Crippen LogP contribution in [0, 0.1) is 13.8 Å². The van der Waals surface area contributed by atoms with Crippen molar-refractivity contribution in [2.45, 2.75) is 33.7 Å². The molecule has 2 aromatic carbocycles. The van der Waals surface area contributed by atoms with E-state index in [2.05, 4.69) is 16.5 Å². The highest BCUT2D eigenvalue weighted by Gasteiger charge is 2.11. The molecule has 1 aromatic heterocycles. The normalized spacial score (nSPS) is 11.9. The van der Waals surface area contributed by atoms with E-state index in [9.17, 15) is 4.79 Å². The van der Waals surface area contributed by atoms with E-state index >= 15 is 0 Å². The zero-order valence-electron chi connectivity index (χ0n) is 15.0. The quantitative estimate of drug-likeness (QED) is 0.693. The van der Waals surface area contributed by atoms with Gasteiger partial charge in [-0.1, -0.05) is 36.0 Å². The van der Waals surface area contributed by atoms with E-state index < -0.39 is 0 Å². The first-order valence-corrected chi connectivity index (χ1v) is 9.19. The molecule has 5 heteroatoms. The molecule has 0 bridgehead atoms. The Balaban J connectivity index is 2.16. The molecule has 1 heterocycles. The number of fused-ring (bicyclic) bond motifs is 1. The van der Waals surface area contributed by atoms with E-state index in [0.29, 0.717) is 5.56 Å². The number of carbonyl (C=O) groups excluding carboxylic acids is 1. The van der Waals surface area contributed by atoms with Crippen LogP contribution < -0.4 is 9.54 Å². The highest BCUT2D eigenvalue weighted by molar-refractivity contribution is 7.16. The highest BCUT2D eigenvalue weighted by atomic mass is 32.1. The first-order chi connectivity index (χ1) is 12.0. The third-order valence-electron chi connectivity index (χ3n) is 4.16. The number of hydrogen-bond acceptors (Lipinski definition) is 3. The molecule has 0 atom stereocenters. The topological polar surface area (TPSA) is 43.6 Å². The summed E-state index contributed by atoms with van der Waals surface area (Å²) in [5.74, 6) is 0.618. The van der Waals surface area contributed by atoms with Crippen LogP contribution in [-0.2, 0) is 6.54 Å². The Morgan fingerprint density at radius 3 is 2.72 bits per heavy atom. The first-order valence-electron chi connectivity index (χ1n) is 8.37. The molecule has 0 saturated carbocycles. The second kappa shape index (κ2) is 7.23. The molecule has 0 aliphatic heterocycles. The van der Waals surface area contributed by atoms with E-state index in [1.54, 1.807) is 7.11 Å². The molecule has 0 radical (unpaired) electrons. The standard InChI is InChI=1S/C20H22N2O2S/c1-5-10-22-17-12-15(24-4)8-9-18(17)25-20(22)21-19(23)16-11-13(2)6-7-14(16)3/h6-9,11-12H,5,10H2,1-4H3. The lowest BCUT2D eigenvalue weighted by Gasteiger charge is -2.05. The van der Waals surface area contributed by atoms with Gasteiger partial charge in [0.1, 0.15) is 5.75 Å². The minimum Gasteiger partial charge on any atom is -0.497 e. The number of methoxy groups -OCH3 is 1. The van der Waals surface area contributed by atoms with Crippen LogP contribution >= 0.6 is 11.3 Å². The number of hydrogen-bond donors (Lipinski definition) is 0. The van der Waals surface area contributed by atoms with Gasteiger partial charge < -0.3 is 9.30 Å². The van der Waals surface area contributed by atoms with Crippen molar-refractivity contribution in [1.29, 1.82) is 0 Å². The Bertz CT molecular complexity index is 999. The maximum absolute atomic E-state index is 12.7. The minimum absolute atomic E-state index is 0.190. The Morgan fingerprint density at radius 1 is 1.20 bits per heavy atom. The largest absolute Gasteiger partial charge is 0.497 e. The van der Waals surface area contributed by atoms with Gasteiger partial charge in [0.05, 0.1) is 17.3 Å². The van der Waals surface area contributed by atoms with Gasteiger partial charge in [-0.2, -0.15) is 4.99 Å². The van der Waals surface area contributed by atoms with Crippen LogP contribution in [0.4, 0.5) is 0 Å². The van der Waals surface area contributed by atoms with Crippen LogP contribution in [-0.4, -0.2) is 17.6 Å². The molecule has 1 amide bonds. The van der Waals surface area contributed by atoms with Crippen LogP contribution in [0.15, 0.2) is 41.4 Å². The predicted octanol–water partition coefficient (Wildman–Crippen LogP) is 4.48. The zero-order chi connectivity index (χ0) is 18.0. The average molecular weight is 354 g/mol. The van der Waals surface area contributed by atoms with Gasteiger partial charge >= 0.3 is 0 Å². The molecule has 130 valence electrons. The van der Waals surface area contributed by atoms with Gasteiger partial charge in [0.2, 0.25) is 0 Å². The predicted molar refractivity (Wildman–Crippen MR) is 102 cm³/mol. The van der Waals surface area contributed by atoms with Gasteiger partial charge in [-0.05, 0) is 44.0 Å². The summed E-state index contributed by atoms with van der Waals surface area (Å²) in [6.45, 7) is 6.86. The fourth-order valence-electron chi connectivity index (χ4n) is 2.81. The lowest BCUT2D eigenvalue weighted by Crippen LogP contribution is -2.17. The van der Waals surface area contributed by atoms with Gasteiger partial charge in [-0.25, -0.2) is 0 Å². The number of thiazole rings is 1. The summed E-state index contributed by atoms with van der Waals surface area (Å²) in [7, 11) is 1.66. The van der Waals surface area contributed by atoms with E-state index in [1.807, 2.05) is 50.2 Å². The van der Waals surface area contributed by atoms with E-state index in [1.165, 1.54) is 11.3 Å². The molecule has 0 N–H and O–H groups in total. The number of nitrogens with zero attached hydrogens (tertiary/aromatic N) is 2. The van der Waals surface area contributed by atoms with Crippen molar-refractivity contribution in [2.75, 3.05) is 7.11 Å². The van der Waals surface area contributed by atoms with Crippen molar-refractivity contribution >= 4 is 27.5 Å². The minimum atomic E-state index is -0.190. The molecule has 3 aromatic rings. The summed E-state index contributed by atoms with van der Waals surface area (Å²) in [5, 5.41) is 0. The highest BCUT2D eigenvalue weighted by Crippen LogP contribution is 2.23. The average Bonchev–Trinajstić information content (AvgIpc) is 2.94. The Morgan fingerprint density at radius 2 is 2.00 bits per heavy atom. The van der Waals surface area contributed by atoms with Crippen LogP contribution in [0.2, 0.25) is 0 Å². The van der Waals surface area contributed by atoms with Crippen LogP contribution in [0.1, 0.15) is 34.8 Å². The van der Waals surface area contributed by atoms with Gasteiger partial charge in [0, 0.05) is 18.2 Å². The molecule has 0 aliphatic carbocycles. The van der Waals surface area contributed by atoms with Crippen molar-refractivity contribution in [3.05, 3.63) is 57.9 Å². The lowest BCUT2D eigenvalue weighted by molar-refractivity contribution is 0.0997. The van der Waals surface area contributed by atoms with E-state index in [0.717, 1.165) is 44.9 Å². The first kappa shape index (κ1) is 17.4. The third kappa shape index (κ3) is 3.51. The molecule has 3 rings (SSSR count). The van der Waals surface area contributed by atoms with Gasteiger partial charge in [0.15, 0.2) is 4.80 Å². The molecular formula is C20H22N2O2S. The van der Waals surface area contributed by atoms with E-state index in [4.69, 9.17) is 4.74 Å². The van der Waals surface area contributed by atoms with Gasteiger partial charge in [-0.15, -0.1) is 0 Å². The second-order valence-corrected chi connectivity index (χ2v) is 7.11. The Labute approximate surface area is 151 Å². The molecular weight excluding hydrogens is 332 g/mol. The number of carbonyl (C=O) groups is 1. The number of benzene rings is 2. The Kier molecular flexibility index (Phi) is 5.04. The van der Waals surface area contributed by atoms with Crippen molar-refractivity contribution in [3.63, 3.8) is 0 Å². The summed E-state index contributed by atoms with van der Waals surface area (Å²) < 4.78 is 8.54. The van der Waals surface area contributed by atoms with Crippen LogP contribution in [0.5, 0.6) is 5.75 Å². The molecule has 0 saturated heterocycles. The molecule has 0 fully saturated rings. The molecule has 0 unspecified atom stereocenters. The SMILES string of the molecule is CCCn1c(=NC(=O)c2cc(C)ccc2C)sc2ccc(OC)cc21. The van der Waals surface area contributed by atoms with Crippen molar-refractivity contribution in [3.8, 4) is 5.75 Å². The second-order valence-electron chi connectivity index (χ2n) is 6.11. The maximum atomic E-state index is 12.7. The molecule has 0 spiro atoms. The number of aryl methyl sites for hydroxylation is 3. The van der Waals surface area contributed by atoms with Crippen molar-refractivity contribution in [1.82, 2.24) is 4.57 Å². The Hall–Kier alpha value is -2.40. The summed E-state index contributed by atoms with van der Waals surface area (Å²) in [6, 6.07) is 11.8. The molecule has 25 heavy (non-hydrogen) atoms.